The van der Waals surface area contributed by atoms with E-state index in [4.69, 9.17) is 5.73 Å². The van der Waals surface area contributed by atoms with Crippen LogP contribution in [0.2, 0.25) is 0 Å². The van der Waals surface area contributed by atoms with Gasteiger partial charge >= 0.3 is 0 Å². The van der Waals surface area contributed by atoms with Gasteiger partial charge in [-0.2, -0.15) is 0 Å². The molecule has 0 radical (unpaired) electrons. The van der Waals surface area contributed by atoms with Crippen molar-refractivity contribution in [2.45, 2.75) is 26.8 Å². The quantitative estimate of drug-likeness (QED) is 0.841. The Morgan fingerprint density at radius 2 is 2.06 bits per heavy atom. The number of hydrogen-bond donors (Lipinski definition) is 2. The van der Waals surface area contributed by atoms with Crippen molar-refractivity contribution < 1.29 is 4.79 Å². The average molecular weight is 247 g/mol. The van der Waals surface area contributed by atoms with Gasteiger partial charge in [0.15, 0.2) is 0 Å². The van der Waals surface area contributed by atoms with Crippen molar-refractivity contribution in [2.75, 3.05) is 23.8 Å². The zero-order valence-electron chi connectivity index (χ0n) is 11.4. The van der Waals surface area contributed by atoms with Crippen molar-refractivity contribution in [1.82, 2.24) is 0 Å². The molecule has 0 saturated heterocycles. The molecule has 18 heavy (non-hydrogen) atoms. The molecule has 0 saturated carbocycles. The van der Waals surface area contributed by atoms with E-state index in [0.29, 0.717) is 0 Å². The van der Waals surface area contributed by atoms with Gasteiger partial charge in [0, 0.05) is 30.5 Å². The molecule has 0 bridgehead atoms. The minimum Gasteiger partial charge on any atom is -0.374 e. The predicted octanol–water partition coefficient (Wildman–Crippen LogP) is 2.12. The molecule has 1 aromatic carbocycles. The standard InChI is InChI=1S/C14H21N3O/c1-14(2,3)8-17(4)9-5-6-10-11(7-9)16-13(18)12(10)15/h5-7,12H,8,15H2,1-4H3,(H,16,18). The van der Waals surface area contributed by atoms with Gasteiger partial charge in [0.05, 0.1) is 0 Å². The molecular weight excluding hydrogens is 226 g/mol. The van der Waals surface area contributed by atoms with Crippen molar-refractivity contribution in [2.24, 2.45) is 11.1 Å². The van der Waals surface area contributed by atoms with Crippen LogP contribution in [0.1, 0.15) is 32.4 Å². The van der Waals surface area contributed by atoms with Crippen molar-refractivity contribution in [3.8, 4) is 0 Å². The molecule has 4 heteroatoms. The smallest absolute Gasteiger partial charge is 0.245 e. The summed E-state index contributed by atoms with van der Waals surface area (Å²) in [4.78, 5) is 13.7. The van der Waals surface area contributed by atoms with Crippen LogP contribution in [0.15, 0.2) is 18.2 Å². The number of hydrogen-bond acceptors (Lipinski definition) is 3. The zero-order chi connectivity index (χ0) is 13.5. The summed E-state index contributed by atoms with van der Waals surface area (Å²) >= 11 is 0. The van der Waals surface area contributed by atoms with Gasteiger partial charge in [0.25, 0.3) is 0 Å². The van der Waals surface area contributed by atoms with Crippen molar-refractivity contribution in [3.63, 3.8) is 0 Å². The van der Waals surface area contributed by atoms with Gasteiger partial charge in [-0.25, -0.2) is 0 Å². The number of nitrogens with one attached hydrogen (secondary N) is 1. The second-order valence-corrected chi connectivity index (χ2v) is 6.16. The van der Waals surface area contributed by atoms with Crippen LogP contribution in [0.5, 0.6) is 0 Å². The topological polar surface area (TPSA) is 58.4 Å². The third-order valence-corrected chi connectivity index (χ3v) is 3.06. The Morgan fingerprint density at radius 1 is 1.39 bits per heavy atom. The van der Waals surface area contributed by atoms with E-state index in [1.165, 1.54) is 0 Å². The SMILES string of the molecule is CN(CC(C)(C)C)c1ccc2c(c1)NC(=O)C2N. The molecule has 4 nitrogen and oxygen atoms in total. The molecule has 0 aliphatic carbocycles. The van der Waals surface area contributed by atoms with E-state index >= 15 is 0 Å². The maximum atomic E-state index is 11.5. The number of rotatable bonds is 2. The number of carbonyl (C=O) groups is 1. The summed E-state index contributed by atoms with van der Waals surface area (Å²) in [5.41, 5.74) is 8.84. The monoisotopic (exact) mass is 247 g/mol. The van der Waals surface area contributed by atoms with Crippen molar-refractivity contribution in [1.29, 1.82) is 0 Å². The Bertz CT molecular complexity index is 476. The fraction of sp³-hybridized carbons (Fsp3) is 0.500. The van der Waals surface area contributed by atoms with E-state index in [2.05, 4.69) is 38.0 Å². The van der Waals surface area contributed by atoms with Crippen LogP contribution in [0, 0.1) is 5.41 Å². The molecule has 1 atom stereocenters. The van der Waals surface area contributed by atoms with Gasteiger partial charge in [-0.3, -0.25) is 4.79 Å². The summed E-state index contributed by atoms with van der Waals surface area (Å²) < 4.78 is 0. The largest absolute Gasteiger partial charge is 0.374 e. The number of nitrogens with zero attached hydrogens (tertiary/aromatic N) is 1. The summed E-state index contributed by atoms with van der Waals surface area (Å²) in [6.45, 7) is 7.56. The lowest BCUT2D eigenvalue weighted by atomic mass is 9.96. The summed E-state index contributed by atoms with van der Waals surface area (Å²) in [6, 6.07) is 5.42. The molecule has 1 unspecified atom stereocenters. The van der Waals surface area contributed by atoms with E-state index in [-0.39, 0.29) is 11.3 Å². The van der Waals surface area contributed by atoms with Gasteiger partial charge in [0.1, 0.15) is 6.04 Å². The number of carbonyl (C=O) groups excluding carboxylic acids is 1. The van der Waals surface area contributed by atoms with Gasteiger partial charge in [-0.15, -0.1) is 0 Å². The first-order valence-corrected chi connectivity index (χ1v) is 6.19. The van der Waals surface area contributed by atoms with Gasteiger partial charge in [-0.1, -0.05) is 26.8 Å². The molecule has 0 fully saturated rings. The van der Waals surface area contributed by atoms with E-state index < -0.39 is 6.04 Å². The summed E-state index contributed by atoms with van der Waals surface area (Å²) in [5.74, 6) is -0.124. The highest BCUT2D eigenvalue weighted by Crippen LogP contribution is 2.33. The van der Waals surface area contributed by atoms with Crippen LogP contribution in [0.3, 0.4) is 0 Å². The van der Waals surface area contributed by atoms with E-state index in [1.54, 1.807) is 0 Å². The number of amides is 1. The Morgan fingerprint density at radius 3 is 2.67 bits per heavy atom. The molecular formula is C14H21N3O. The lowest BCUT2D eigenvalue weighted by Gasteiger charge is -2.28. The van der Waals surface area contributed by atoms with Crippen molar-refractivity contribution >= 4 is 17.3 Å². The third kappa shape index (κ3) is 2.48. The first-order valence-electron chi connectivity index (χ1n) is 6.19. The van der Waals surface area contributed by atoms with Gasteiger partial charge < -0.3 is 16.0 Å². The van der Waals surface area contributed by atoms with E-state index in [9.17, 15) is 4.79 Å². The Balaban J connectivity index is 2.23. The zero-order valence-corrected chi connectivity index (χ0v) is 11.4. The van der Waals surface area contributed by atoms with E-state index in [1.807, 2.05) is 18.2 Å². The molecule has 1 amide bonds. The maximum absolute atomic E-state index is 11.5. The lowest BCUT2D eigenvalue weighted by Crippen LogP contribution is -2.29. The Labute approximate surface area is 108 Å². The molecule has 0 aromatic heterocycles. The predicted molar refractivity (Wildman–Crippen MR) is 74.7 cm³/mol. The van der Waals surface area contributed by atoms with Crippen LogP contribution in [-0.4, -0.2) is 19.5 Å². The molecule has 98 valence electrons. The summed E-state index contributed by atoms with van der Waals surface area (Å²) in [5, 5.41) is 2.81. The molecule has 1 aliphatic rings. The molecule has 1 heterocycles. The second-order valence-electron chi connectivity index (χ2n) is 6.16. The Hall–Kier alpha value is -1.55. The fourth-order valence-electron chi connectivity index (χ4n) is 2.32. The highest BCUT2D eigenvalue weighted by molar-refractivity contribution is 6.02. The van der Waals surface area contributed by atoms with Gasteiger partial charge in [0.2, 0.25) is 5.91 Å². The van der Waals surface area contributed by atoms with Crippen LogP contribution >= 0.6 is 0 Å². The van der Waals surface area contributed by atoms with Crippen LogP contribution in [-0.2, 0) is 4.79 Å². The molecule has 3 N–H and O–H groups in total. The maximum Gasteiger partial charge on any atom is 0.245 e. The lowest BCUT2D eigenvalue weighted by molar-refractivity contribution is -0.116. The minimum atomic E-state index is -0.526. The first kappa shape index (κ1) is 12.9. The number of anilines is 2. The van der Waals surface area contributed by atoms with Crippen LogP contribution < -0.4 is 16.0 Å². The average Bonchev–Trinajstić information content (AvgIpc) is 2.52. The summed E-state index contributed by atoms with van der Waals surface area (Å²) in [7, 11) is 2.06. The van der Waals surface area contributed by atoms with Crippen LogP contribution in [0.4, 0.5) is 11.4 Å². The highest BCUT2D eigenvalue weighted by atomic mass is 16.2. The molecule has 2 rings (SSSR count). The van der Waals surface area contributed by atoms with Gasteiger partial charge in [-0.05, 0) is 17.5 Å². The molecule has 0 spiro atoms. The number of nitrogens with two attached hydrogens (primary N) is 1. The third-order valence-electron chi connectivity index (χ3n) is 3.06. The number of benzene rings is 1. The molecule has 1 aromatic rings. The second kappa shape index (κ2) is 4.28. The van der Waals surface area contributed by atoms with E-state index in [0.717, 1.165) is 23.5 Å². The fourth-order valence-corrected chi connectivity index (χ4v) is 2.32. The minimum absolute atomic E-state index is 0.124. The van der Waals surface area contributed by atoms with Crippen molar-refractivity contribution in [3.05, 3.63) is 23.8 Å². The Kier molecular flexibility index (Phi) is 3.07. The van der Waals surface area contributed by atoms with Crippen LogP contribution in [0.25, 0.3) is 0 Å². The number of fused-ring (bicyclic) bond motifs is 1. The first-order chi connectivity index (χ1) is 8.28. The normalized spacial score (nSPS) is 18.5. The molecule has 1 aliphatic heterocycles. The summed E-state index contributed by atoms with van der Waals surface area (Å²) in [6.07, 6.45) is 0. The highest BCUT2D eigenvalue weighted by Gasteiger charge is 2.27.